The number of halogens is 1. The molecule has 0 amide bonds. The van der Waals surface area contributed by atoms with Crippen LogP contribution in [0.25, 0.3) is 0 Å². The molecule has 0 N–H and O–H groups in total. The lowest BCUT2D eigenvalue weighted by Gasteiger charge is -2.11. The molecule has 1 aromatic carbocycles. The van der Waals surface area contributed by atoms with Crippen LogP contribution in [0.2, 0.25) is 24.7 Å². The first-order valence-corrected chi connectivity index (χ1v) is 9.26. The maximum Gasteiger partial charge on any atom is 0.278 e. The van der Waals surface area contributed by atoms with Gasteiger partial charge in [-0.15, -0.1) is 5.16 Å². The molecular formula is C10H14ClNOSSi. The van der Waals surface area contributed by atoms with Gasteiger partial charge in [0, 0.05) is 9.92 Å². The number of hydrogen-bond donors (Lipinski definition) is 0. The van der Waals surface area contributed by atoms with Gasteiger partial charge in [-0.05, 0) is 43.9 Å². The van der Waals surface area contributed by atoms with Gasteiger partial charge >= 0.3 is 0 Å². The van der Waals surface area contributed by atoms with Crippen LogP contribution in [-0.4, -0.2) is 13.9 Å². The Bertz CT molecular complexity index is 334. The summed E-state index contributed by atoms with van der Waals surface area (Å²) >= 11 is 7.29. The van der Waals surface area contributed by atoms with E-state index < -0.39 is 8.32 Å². The first-order valence-electron chi connectivity index (χ1n) is 4.60. The zero-order valence-electron chi connectivity index (χ0n) is 9.03. The Hall–Kier alpha value is -0.453. The van der Waals surface area contributed by atoms with E-state index >= 15 is 0 Å². The van der Waals surface area contributed by atoms with E-state index in [4.69, 9.17) is 16.1 Å². The Kier molecular flexibility index (Phi) is 4.69. The molecule has 5 heteroatoms. The van der Waals surface area contributed by atoms with Crippen molar-refractivity contribution in [3.05, 3.63) is 29.3 Å². The van der Waals surface area contributed by atoms with E-state index in [9.17, 15) is 0 Å². The number of benzene rings is 1. The standard InChI is InChI=1S/C10H14ClNOSSi/c1-15(2,3)13-12-8-14-10-6-4-9(11)5-7-10/h4-8H,1-3H3/b12-8+. The molecule has 15 heavy (non-hydrogen) atoms. The molecule has 0 aromatic heterocycles. The smallest absolute Gasteiger partial charge is 0.278 e. The topological polar surface area (TPSA) is 21.6 Å². The average Bonchev–Trinajstić information content (AvgIpc) is 2.14. The summed E-state index contributed by atoms with van der Waals surface area (Å²) in [4.78, 5) is 1.10. The Morgan fingerprint density at radius 1 is 1.27 bits per heavy atom. The third-order valence-corrected chi connectivity index (χ3v) is 3.01. The van der Waals surface area contributed by atoms with Crippen molar-refractivity contribution in [2.24, 2.45) is 5.16 Å². The molecule has 0 heterocycles. The highest BCUT2D eigenvalue weighted by Crippen LogP contribution is 2.18. The summed E-state index contributed by atoms with van der Waals surface area (Å²) < 4.78 is 5.34. The van der Waals surface area contributed by atoms with Gasteiger partial charge in [0.05, 0.1) is 0 Å². The van der Waals surface area contributed by atoms with Gasteiger partial charge in [-0.3, -0.25) is 0 Å². The van der Waals surface area contributed by atoms with Crippen LogP contribution in [0.15, 0.2) is 34.3 Å². The Balaban J connectivity index is 2.40. The van der Waals surface area contributed by atoms with Gasteiger partial charge in [-0.1, -0.05) is 23.4 Å². The van der Waals surface area contributed by atoms with Crippen LogP contribution < -0.4 is 0 Å². The van der Waals surface area contributed by atoms with E-state index in [0.717, 1.165) is 9.92 Å². The Morgan fingerprint density at radius 2 is 1.87 bits per heavy atom. The summed E-state index contributed by atoms with van der Waals surface area (Å²) in [5, 5.41) is 4.67. The maximum atomic E-state index is 5.77. The van der Waals surface area contributed by atoms with Gasteiger partial charge in [0.15, 0.2) is 0 Å². The predicted molar refractivity (Wildman–Crippen MR) is 70.2 cm³/mol. The molecule has 0 saturated heterocycles. The van der Waals surface area contributed by atoms with Crippen LogP contribution in [-0.2, 0) is 4.53 Å². The van der Waals surface area contributed by atoms with Crippen LogP contribution in [0.3, 0.4) is 0 Å². The second-order valence-corrected chi connectivity index (χ2v) is 9.75. The number of oxime groups is 1. The SMILES string of the molecule is C[Si](C)(C)O/N=C/Sc1ccc(Cl)cc1. The maximum absolute atomic E-state index is 5.77. The first-order chi connectivity index (χ1) is 6.97. The van der Waals surface area contributed by atoms with Crippen molar-refractivity contribution in [1.29, 1.82) is 0 Å². The Labute approximate surface area is 101 Å². The lowest BCUT2D eigenvalue weighted by molar-refractivity contribution is 0.339. The lowest BCUT2D eigenvalue weighted by Crippen LogP contribution is -2.21. The van der Waals surface area contributed by atoms with E-state index in [1.165, 1.54) is 11.8 Å². The van der Waals surface area contributed by atoms with Crippen LogP contribution in [0, 0.1) is 0 Å². The zero-order valence-corrected chi connectivity index (χ0v) is 11.6. The van der Waals surface area contributed by atoms with Gasteiger partial charge in [-0.25, -0.2) is 0 Å². The second kappa shape index (κ2) is 5.58. The zero-order chi connectivity index (χ0) is 11.3. The van der Waals surface area contributed by atoms with E-state index in [2.05, 4.69) is 24.8 Å². The van der Waals surface area contributed by atoms with Crippen LogP contribution >= 0.6 is 23.4 Å². The van der Waals surface area contributed by atoms with Crippen LogP contribution in [0.4, 0.5) is 0 Å². The van der Waals surface area contributed by atoms with Crippen molar-refractivity contribution in [2.45, 2.75) is 24.5 Å². The van der Waals surface area contributed by atoms with Crippen molar-refractivity contribution in [3.63, 3.8) is 0 Å². The summed E-state index contributed by atoms with van der Waals surface area (Å²) in [5.41, 5.74) is 1.71. The van der Waals surface area contributed by atoms with Crippen molar-refractivity contribution >= 4 is 37.2 Å². The fourth-order valence-corrected chi connectivity index (χ4v) is 1.85. The van der Waals surface area contributed by atoms with Gasteiger partial charge in [0.2, 0.25) is 0 Å². The number of nitrogens with zero attached hydrogens (tertiary/aromatic N) is 1. The molecule has 1 rings (SSSR count). The molecule has 0 saturated carbocycles. The monoisotopic (exact) mass is 259 g/mol. The third-order valence-electron chi connectivity index (χ3n) is 1.37. The summed E-state index contributed by atoms with van der Waals surface area (Å²) in [7, 11) is -1.54. The van der Waals surface area contributed by atoms with Gasteiger partial charge in [0.1, 0.15) is 5.55 Å². The van der Waals surface area contributed by atoms with Crippen molar-refractivity contribution in [2.75, 3.05) is 0 Å². The normalized spacial score (nSPS) is 12.0. The molecule has 0 bridgehead atoms. The quantitative estimate of drug-likeness (QED) is 0.265. The van der Waals surface area contributed by atoms with Gasteiger partial charge in [0.25, 0.3) is 8.32 Å². The van der Waals surface area contributed by atoms with Crippen LogP contribution in [0.5, 0.6) is 0 Å². The molecule has 2 nitrogen and oxygen atoms in total. The molecule has 0 atom stereocenters. The first kappa shape index (κ1) is 12.6. The fourth-order valence-electron chi connectivity index (χ4n) is 0.775. The highest BCUT2D eigenvalue weighted by Gasteiger charge is 2.15. The molecule has 1 aromatic rings. The van der Waals surface area contributed by atoms with Crippen molar-refractivity contribution in [3.8, 4) is 0 Å². The van der Waals surface area contributed by atoms with Gasteiger partial charge in [-0.2, -0.15) is 0 Å². The highest BCUT2D eigenvalue weighted by molar-refractivity contribution is 8.12. The summed E-state index contributed by atoms with van der Waals surface area (Å²) in [6, 6.07) is 7.62. The highest BCUT2D eigenvalue weighted by atomic mass is 35.5. The van der Waals surface area contributed by atoms with E-state index in [0.29, 0.717) is 0 Å². The van der Waals surface area contributed by atoms with Crippen molar-refractivity contribution in [1.82, 2.24) is 0 Å². The molecule has 0 unspecified atom stereocenters. The Morgan fingerprint density at radius 3 is 2.40 bits per heavy atom. The lowest BCUT2D eigenvalue weighted by atomic mass is 10.4. The van der Waals surface area contributed by atoms with E-state index in [1.54, 1.807) is 5.55 Å². The van der Waals surface area contributed by atoms with E-state index in [-0.39, 0.29) is 0 Å². The molecule has 0 fully saturated rings. The molecule has 0 radical (unpaired) electrons. The minimum Gasteiger partial charge on any atom is -0.455 e. The summed E-state index contributed by atoms with van der Waals surface area (Å²) in [5.74, 6) is 0. The number of hydrogen-bond acceptors (Lipinski definition) is 3. The fraction of sp³-hybridized carbons (Fsp3) is 0.300. The minimum absolute atomic E-state index is 0.745. The number of thioether (sulfide) groups is 1. The molecule has 0 aliphatic rings. The second-order valence-electron chi connectivity index (χ2n) is 3.99. The van der Waals surface area contributed by atoms with E-state index in [1.807, 2.05) is 24.3 Å². The molecule has 82 valence electrons. The van der Waals surface area contributed by atoms with Crippen LogP contribution in [0.1, 0.15) is 0 Å². The molecule has 0 aliphatic carbocycles. The van der Waals surface area contributed by atoms with Gasteiger partial charge < -0.3 is 4.53 Å². The molecule has 0 aliphatic heterocycles. The molecule has 0 spiro atoms. The number of rotatable bonds is 4. The minimum atomic E-state index is -1.54. The summed E-state index contributed by atoms with van der Waals surface area (Å²) in [6.07, 6.45) is 0. The summed E-state index contributed by atoms with van der Waals surface area (Å²) in [6.45, 7) is 6.28. The third kappa shape index (κ3) is 5.87. The van der Waals surface area contributed by atoms with Crippen molar-refractivity contribution < 1.29 is 4.53 Å². The molecular weight excluding hydrogens is 246 g/mol. The average molecular weight is 260 g/mol. The predicted octanol–water partition coefficient (Wildman–Crippen LogP) is 4.23. The largest absolute Gasteiger partial charge is 0.455 e.